The van der Waals surface area contributed by atoms with Gasteiger partial charge in [-0.3, -0.25) is 0 Å². The standard InChI is InChI=1S/C11H12ClNO4S/c12-10-6-8(4-5-9(10)11(14)15)18(16,17)13-7-2-1-3-7/h4-7,13H,1-3H2,(H,14,15). The van der Waals surface area contributed by atoms with Crippen LogP contribution in [0.1, 0.15) is 29.6 Å². The number of carbonyl (C=O) groups is 1. The third-order valence-corrected chi connectivity index (χ3v) is 4.74. The first kappa shape index (κ1) is 13.3. The fraction of sp³-hybridized carbons (Fsp3) is 0.364. The maximum Gasteiger partial charge on any atom is 0.337 e. The molecule has 18 heavy (non-hydrogen) atoms. The van der Waals surface area contributed by atoms with Crippen LogP contribution in [-0.4, -0.2) is 25.5 Å². The van der Waals surface area contributed by atoms with Gasteiger partial charge in [0.05, 0.1) is 15.5 Å². The zero-order chi connectivity index (χ0) is 13.3. The fourth-order valence-electron chi connectivity index (χ4n) is 1.65. The van der Waals surface area contributed by atoms with Gasteiger partial charge in [-0.2, -0.15) is 0 Å². The number of halogens is 1. The van der Waals surface area contributed by atoms with Gasteiger partial charge in [0.15, 0.2) is 0 Å². The van der Waals surface area contributed by atoms with E-state index in [1.165, 1.54) is 12.1 Å². The summed E-state index contributed by atoms with van der Waals surface area (Å²) in [6.07, 6.45) is 2.69. The molecule has 0 amide bonds. The molecule has 1 aromatic carbocycles. The molecule has 7 heteroatoms. The Labute approximate surface area is 110 Å². The van der Waals surface area contributed by atoms with Crippen LogP contribution in [0.5, 0.6) is 0 Å². The lowest BCUT2D eigenvalue weighted by Gasteiger charge is -2.26. The summed E-state index contributed by atoms with van der Waals surface area (Å²) in [5.74, 6) is -1.18. The van der Waals surface area contributed by atoms with Crippen LogP contribution in [-0.2, 0) is 10.0 Å². The summed E-state index contributed by atoms with van der Waals surface area (Å²) in [7, 11) is -3.61. The molecule has 0 spiro atoms. The highest BCUT2D eigenvalue weighted by Gasteiger charge is 2.25. The average Bonchev–Trinajstić information content (AvgIpc) is 2.23. The van der Waals surface area contributed by atoms with E-state index in [1.54, 1.807) is 0 Å². The molecule has 1 saturated carbocycles. The molecule has 5 nitrogen and oxygen atoms in total. The van der Waals surface area contributed by atoms with E-state index in [0.717, 1.165) is 25.3 Å². The van der Waals surface area contributed by atoms with Crippen LogP contribution in [0, 0.1) is 0 Å². The SMILES string of the molecule is O=C(O)c1ccc(S(=O)(=O)NC2CCC2)cc1Cl. The summed E-state index contributed by atoms with van der Waals surface area (Å²) in [4.78, 5) is 10.8. The van der Waals surface area contributed by atoms with Crippen molar-refractivity contribution in [2.24, 2.45) is 0 Å². The van der Waals surface area contributed by atoms with Gasteiger partial charge in [0.1, 0.15) is 0 Å². The summed E-state index contributed by atoms with van der Waals surface area (Å²) in [5, 5.41) is 8.72. The lowest BCUT2D eigenvalue weighted by Crippen LogP contribution is -2.39. The van der Waals surface area contributed by atoms with Crippen molar-refractivity contribution in [2.45, 2.75) is 30.2 Å². The van der Waals surface area contributed by atoms with Gasteiger partial charge in [-0.1, -0.05) is 18.0 Å². The lowest BCUT2D eigenvalue weighted by molar-refractivity contribution is 0.0697. The molecule has 2 rings (SSSR count). The van der Waals surface area contributed by atoms with E-state index < -0.39 is 16.0 Å². The van der Waals surface area contributed by atoms with Crippen molar-refractivity contribution >= 4 is 27.6 Å². The van der Waals surface area contributed by atoms with Gasteiger partial charge in [-0.25, -0.2) is 17.9 Å². The fourth-order valence-corrected chi connectivity index (χ4v) is 3.31. The Morgan fingerprint density at radius 2 is 2.06 bits per heavy atom. The normalized spacial score (nSPS) is 16.3. The number of hydrogen-bond donors (Lipinski definition) is 2. The molecule has 0 atom stereocenters. The van der Waals surface area contributed by atoms with Gasteiger partial charge >= 0.3 is 5.97 Å². The number of carboxylic acid groups (broad SMARTS) is 1. The molecule has 1 fully saturated rings. The topological polar surface area (TPSA) is 83.5 Å². The summed E-state index contributed by atoms with van der Waals surface area (Å²) >= 11 is 5.74. The van der Waals surface area contributed by atoms with E-state index in [9.17, 15) is 13.2 Å². The average molecular weight is 290 g/mol. The minimum Gasteiger partial charge on any atom is -0.478 e. The van der Waals surface area contributed by atoms with E-state index in [1.807, 2.05) is 0 Å². The van der Waals surface area contributed by atoms with Crippen LogP contribution in [0.3, 0.4) is 0 Å². The highest BCUT2D eigenvalue weighted by molar-refractivity contribution is 7.89. The van der Waals surface area contributed by atoms with E-state index in [-0.39, 0.29) is 21.5 Å². The number of nitrogens with one attached hydrogen (secondary N) is 1. The number of sulfonamides is 1. The second kappa shape index (κ2) is 4.87. The van der Waals surface area contributed by atoms with Crippen LogP contribution in [0.4, 0.5) is 0 Å². The molecular formula is C11H12ClNO4S. The van der Waals surface area contributed by atoms with Gasteiger partial charge < -0.3 is 5.11 Å². The van der Waals surface area contributed by atoms with Crippen molar-refractivity contribution in [3.63, 3.8) is 0 Å². The first-order chi connectivity index (χ1) is 8.40. The van der Waals surface area contributed by atoms with Crippen molar-refractivity contribution in [1.29, 1.82) is 0 Å². The Morgan fingerprint density at radius 1 is 1.39 bits per heavy atom. The molecular weight excluding hydrogens is 278 g/mol. The third kappa shape index (κ3) is 2.66. The number of benzene rings is 1. The summed E-state index contributed by atoms with van der Waals surface area (Å²) in [6, 6.07) is 3.58. The Morgan fingerprint density at radius 3 is 2.50 bits per heavy atom. The Kier molecular flexibility index (Phi) is 3.61. The summed E-state index contributed by atoms with van der Waals surface area (Å²) in [5.41, 5.74) is -0.112. The maximum atomic E-state index is 12.0. The van der Waals surface area contributed by atoms with Gasteiger partial charge in [-0.15, -0.1) is 0 Å². The highest BCUT2D eigenvalue weighted by atomic mass is 35.5. The van der Waals surface area contributed by atoms with Crippen LogP contribution in [0.2, 0.25) is 5.02 Å². The van der Waals surface area contributed by atoms with Crippen LogP contribution in [0.15, 0.2) is 23.1 Å². The quantitative estimate of drug-likeness (QED) is 0.886. The van der Waals surface area contributed by atoms with Gasteiger partial charge in [0, 0.05) is 6.04 Å². The maximum absolute atomic E-state index is 12.0. The van der Waals surface area contributed by atoms with Crippen LogP contribution in [0.25, 0.3) is 0 Å². The Balaban J connectivity index is 2.27. The van der Waals surface area contributed by atoms with Crippen molar-refractivity contribution in [3.8, 4) is 0 Å². The van der Waals surface area contributed by atoms with E-state index >= 15 is 0 Å². The number of aromatic carboxylic acids is 1. The Hall–Kier alpha value is -1.11. The smallest absolute Gasteiger partial charge is 0.337 e. The molecule has 0 radical (unpaired) electrons. The highest BCUT2D eigenvalue weighted by Crippen LogP contribution is 2.24. The second-order valence-electron chi connectivity index (χ2n) is 4.20. The van der Waals surface area contributed by atoms with E-state index in [4.69, 9.17) is 16.7 Å². The van der Waals surface area contributed by atoms with Crippen LogP contribution >= 0.6 is 11.6 Å². The number of carboxylic acids is 1. The minimum absolute atomic E-state index is 0.00981. The largest absolute Gasteiger partial charge is 0.478 e. The first-order valence-corrected chi connectivity index (χ1v) is 7.31. The zero-order valence-electron chi connectivity index (χ0n) is 9.39. The van der Waals surface area contributed by atoms with Crippen molar-refractivity contribution in [3.05, 3.63) is 28.8 Å². The molecule has 98 valence electrons. The molecule has 1 aliphatic rings. The minimum atomic E-state index is -3.61. The second-order valence-corrected chi connectivity index (χ2v) is 6.32. The summed E-state index contributed by atoms with van der Waals surface area (Å²) < 4.78 is 26.5. The number of rotatable bonds is 4. The van der Waals surface area contributed by atoms with Gasteiger partial charge in [0.25, 0.3) is 0 Å². The molecule has 0 aromatic heterocycles. The van der Waals surface area contributed by atoms with Crippen LogP contribution < -0.4 is 4.72 Å². The predicted octanol–water partition coefficient (Wildman–Crippen LogP) is 1.87. The molecule has 1 aliphatic carbocycles. The molecule has 2 N–H and O–H groups in total. The molecule has 1 aromatic rings. The molecule has 0 saturated heterocycles. The van der Waals surface area contributed by atoms with Gasteiger partial charge in [0.2, 0.25) is 10.0 Å². The molecule has 0 unspecified atom stereocenters. The van der Waals surface area contributed by atoms with Gasteiger partial charge in [-0.05, 0) is 31.0 Å². The molecule has 0 heterocycles. The summed E-state index contributed by atoms with van der Waals surface area (Å²) in [6.45, 7) is 0. The Bertz CT molecular complexity index is 581. The van der Waals surface area contributed by atoms with Crippen molar-refractivity contribution in [1.82, 2.24) is 4.72 Å². The molecule has 0 aliphatic heterocycles. The predicted molar refractivity (Wildman–Crippen MR) is 66.4 cm³/mol. The lowest BCUT2D eigenvalue weighted by atomic mass is 9.94. The van der Waals surface area contributed by atoms with Crippen molar-refractivity contribution < 1.29 is 18.3 Å². The van der Waals surface area contributed by atoms with E-state index in [0.29, 0.717) is 0 Å². The number of hydrogen-bond acceptors (Lipinski definition) is 3. The zero-order valence-corrected chi connectivity index (χ0v) is 11.0. The monoisotopic (exact) mass is 289 g/mol. The third-order valence-electron chi connectivity index (χ3n) is 2.91. The van der Waals surface area contributed by atoms with Crippen molar-refractivity contribution in [2.75, 3.05) is 0 Å². The first-order valence-electron chi connectivity index (χ1n) is 5.45. The molecule has 0 bridgehead atoms. The van der Waals surface area contributed by atoms with E-state index in [2.05, 4.69) is 4.72 Å².